The summed E-state index contributed by atoms with van der Waals surface area (Å²) in [6, 6.07) is 11.2. The summed E-state index contributed by atoms with van der Waals surface area (Å²) >= 11 is 0. The number of hydrogen-bond acceptors (Lipinski definition) is 4. The van der Waals surface area contributed by atoms with Gasteiger partial charge in [0.15, 0.2) is 0 Å². The van der Waals surface area contributed by atoms with Crippen LogP contribution in [0.2, 0.25) is 0 Å². The van der Waals surface area contributed by atoms with E-state index in [1.165, 1.54) is 65.9 Å². The second kappa shape index (κ2) is 11.3. The summed E-state index contributed by atoms with van der Waals surface area (Å²) in [7, 11) is 0. The molecule has 0 aliphatic carbocycles. The van der Waals surface area contributed by atoms with E-state index in [0.29, 0.717) is 6.04 Å². The predicted molar refractivity (Wildman–Crippen MR) is 152 cm³/mol. The van der Waals surface area contributed by atoms with E-state index in [1.807, 2.05) is 0 Å². The maximum Gasteiger partial charge on any atom is 0.128 e. The zero-order valence-electron chi connectivity index (χ0n) is 22.1. The van der Waals surface area contributed by atoms with Crippen molar-refractivity contribution in [2.45, 2.75) is 72.1 Å². The molecular weight excluding hydrogens is 477 g/mol. The van der Waals surface area contributed by atoms with Crippen LogP contribution < -0.4 is 9.64 Å². The number of piperidine rings is 1. The van der Waals surface area contributed by atoms with Crippen LogP contribution in [0.25, 0.3) is 0 Å². The minimum atomic E-state index is -0.186. The van der Waals surface area contributed by atoms with E-state index in [4.69, 9.17) is 4.74 Å². The van der Waals surface area contributed by atoms with Gasteiger partial charge in [-0.15, -0.1) is 24.8 Å². The molecule has 194 valence electrons. The maximum absolute atomic E-state index is 6.71. The highest BCUT2D eigenvalue weighted by molar-refractivity contribution is 5.85. The fourth-order valence-electron chi connectivity index (χ4n) is 6.50. The van der Waals surface area contributed by atoms with Gasteiger partial charge in [-0.25, -0.2) is 0 Å². The van der Waals surface area contributed by atoms with Crippen molar-refractivity contribution >= 4 is 30.5 Å². The lowest BCUT2D eigenvalue weighted by Crippen LogP contribution is -2.46. The number of nitrogens with zero attached hydrogens (tertiary/aromatic N) is 3. The average Bonchev–Trinajstić information content (AvgIpc) is 3.11. The minimum Gasteiger partial charge on any atom is -0.485 e. The molecule has 3 heterocycles. The summed E-state index contributed by atoms with van der Waals surface area (Å²) in [5, 5.41) is 0. The maximum atomic E-state index is 6.71. The average molecular weight is 521 g/mol. The van der Waals surface area contributed by atoms with Gasteiger partial charge in [0.2, 0.25) is 0 Å². The summed E-state index contributed by atoms with van der Waals surface area (Å²) in [5.74, 6) is 1.16. The molecule has 0 aromatic heterocycles. The number of likely N-dealkylation sites (tertiary alicyclic amines) is 1. The van der Waals surface area contributed by atoms with Crippen molar-refractivity contribution in [1.82, 2.24) is 9.80 Å². The first kappa shape index (κ1) is 28.1. The smallest absolute Gasteiger partial charge is 0.128 e. The fourth-order valence-corrected chi connectivity index (χ4v) is 6.50. The Kier molecular flexibility index (Phi) is 9.07. The lowest BCUT2D eigenvalue weighted by molar-refractivity contribution is 0.0194. The molecule has 35 heavy (non-hydrogen) atoms. The van der Waals surface area contributed by atoms with Crippen molar-refractivity contribution in [2.75, 3.05) is 44.2 Å². The topological polar surface area (TPSA) is 19.0 Å². The molecule has 5 rings (SSSR count). The fraction of sp³-hybridized carbons (Fsp3) is 0.586. The molecule has 3 aliphatic heterocycles. The van der Waals surface area contributed by atoms with Crippen LogP contribution in [0.5, 0.6) is 5.75 Å². The molecule has 0 bridgehead atoms. The van der Waals surface area contributed by atoms with Crippen molar-refractivity contribution < 1.29 is 4.74 Å². The Hall–Kier alpha value is -1.46. The van der Waals surface area contributed by atoms with Crippen LogP contribution in [0.3, 0.4) is 0 Å². The van der Waals surface area contributed by atoms with E-state index in [9.17, 15) is 0 Å². The summed E-state index contributed by atoms with van der Waals surface area (Å²) in [4.78, 5) is 7.95. The SMILES string of the molecule is Cc1c(C)c(N2CCN(Cc3ccccc3)CC2)c(C)c2c1OC(C)(C)C2N1CCCCC1.Cl.Cl. The molecular formula is C29H43Cl2N3O. The molecule has 4 nitrogen and oxygen atoms in total. The van der Waals surface area contributed by atoms with Crippen LogP contribution in [0, 0.1) is 20.8 Å². The molecule has 0 saturated carbocycles. The standard InChI is InChI=1S/C29H41N3O.2ClH/c1-21-22(2)27-25(28(29(4,5)33-27)32-14-10-7-11-15-32)23(3)26(21)31-18-16-30(17-19-31)20-24-12-8-6-9-13-24;;/h6,8-9,12-13,28H,7,10-11,14-20H2,1-5H3;2*1H. The molecule has 2 aromatic rings. The van der Waals surface area contributed by atoms with E-state index in [1.54, 1.807) is 0 Å². The highest BCUT2D eigenvalue weighted by Crippen LogP contribution is 2.53. The second-order valence-corrected chi connectivity index (χ2v) is 10.9. The van der Waals surface area contributed by atoms with Gasteiger partial charge in [0.05, 0.1) is 6.04 Å². The Bertz CT molecular complexity index is 997. The summed E-state index contributed by atoms with van der Waals surface area (Å²) in [6.07, 6.45) is 3.98. The Morgan fingerprint density at radius 2 is 1.43 bits per heavy atom. The largest absolute Gasteiger partial charge is 0.485 e. The number of halogens is 2. The van der Waals surface area contributed by atoms with Crippen LogP contribution in [0.1, 0.15) is 67.0 Å². The molecule has 0 N–H and O–H groups in total. The first-order valence-corrected chi connectivity index (χ1v) is 12.9. The van der Waals surface area contributed by atoms with Gasteiger partial charge >= 0.3 is 0 Å². The number of fused-ring (bicyclic) bond motifs is 1. The van der Waals surface area contributed by atoms with Gasteiger partial charge < -0.3 is 9.64 Å². The highest BCUT2D eigenvalue weighted by atomic mass is 35.5. The molecule has 2 fully saturated rings. The van der Waals surface area contributed by atoms with Crippen LogP contribution in [-0.4, -0.2) is 54.7 Å². The molecule has 1 unspecified atom stereocenters. The number of hydrogen-bond donors (Lipinski definition) is 0. The number of piperazine rings is 1. The normalized spacial score (nSPS) is 22.1. The first-order chi connectivity index (χ1) is 15.9. The molecule has 0 amide bonds. The van der Waals surface area contributed by atoms with E-state index in [0.717, 1.165) is 38.5 Å². The van der Waals surface area contributed by atoms with Gasteiger partial charge in [-0.3, -0.25) is 9.80 Å². The van der Waals surface area contributed by atoms with Crippen LogP contribution >= 0.6 is 24.8 Å². The number of anilines is 1. The molecule has 0 radical (unpaired) electrons. The highest BCUT2D eigenvalue weighted by Gasteiger charge is 2.47. The number of benzene rings is 2. The Morgan fingerprint density at radius 1 is 0.800 bits per heavy atom. The van der Waals surface area contributed by atoms with Crippen molar-refractivity contribution in [2.24, 2.45) is 0 Å². The second-order valence-electron chi connectivity index (χ2n) is 10.9. The number of rotatable bonds is 4. The Morgan fingerprint density at radius 3 is 2.06 bits per heavy atom. The third-order valence-corrected chi connectivity index (χ3v) is 8.25. The third-order valence-electron chi connectivity index (χ3n) is 8.25. The van der Waals surface area contributed by atoms with Crippen LogP contribution in [0.4, 0.5) is 5.69 Å². The van der Waals surface area contributed by atoms with E-state index >= 15 is 0 Å². The zero-order chi connectivity index (χ0) is 23.2. The predicted octanol–water partition coefficient (Wildman–Crippen LogP) is 6.48. The summed E-state index contributed by atoms with van der Waals surface area (Å²) in [6.45, 7) is 19.4. The zero-order valence-corrected chi connectivity index (χ0v) is 23.7. The van der Waals surface area contributed by atoms with Gasteiger partial charge in [0.25, 0.3) is 0 Å². The van der Waals surface area contributed by atoms with Crippen LogP contribution in [0.15, 0.2) is 30.3 Å². The Balaban J connectivity index is 0.00000171. The molecule has 1 atom stereocenters. The van der Waals surface area contributed by atoms with Gasteiger partial charge in [0.1, 0.15) is 11.4 Å². The molecule has 3 aliphatic rings. The summed E-state index contributed by atoms with van der Waals surface area (Å²) in [5.41, 5.74) is 8.35. The van der Waals surface area contributed by atoms with E-state index < -0.39 is 0 Å². The van der Waals surface area contributed by atoms with E-state index in [2.05, 4.69) is 79.7 Å². The lowest BCUT2D eigenvalue weighted by atomic mass is 9.86. The van der Waals surface area contributed by atoms with Gasteiger partial charge in [-0.2, -0.15) is 0 Å². The van der Waals surface area contributed by atoms with E-state index in [-0.39, 0.29) is 30.4 Å². The van der Waals surface area contributed by atoms with Crippen molar-refractivity contribution in [3.8, 4) is 5.75 Å². The first-order valence-electron chi connectivity index (χ1n) is 12.9. The quantitative estimate of drug-likeness (QED) is 0.460. The van der Waals surface area contributed by atoms with Crippen molar-refractivity contribution in [3.63, 3.8) is 0 Å². The number of ether oxygens (including phenoxy) is 1. The third kappa shape index (κ3) is 5.32. The lowest BCUT2D eigenvalue weighted by Gasteiger charge is -2.40. The Labute approximate surface area is 224 Å². The molecule has 2 aromatic carbocycles. The van der Waals surface area contributed by atoms with Crippen molar-refractivity contribution in [1.29, 1.82) is 0 Å². The minimum absolute atomic E-state index is 0. The summed E-state index contributed by atoms with van der Waals surface area (Å²) < 4.78 is 6.71. The van der Waals surface area contributed by atoms with Crippen molar-refractivity contribution in [3.05, 3.63) is 58.1 Å². The molecule has 2 saturated heterocycles. The van der Waals surface area contributed by atoms with Gasteiger partial charge in [-0.05, 0) is 82.8 Å². The van der Waals surface area contributed by atoms with Gasteiger partial charge in [-0.1, -0.05) is 36.8 Å². The van der Waals surface area contributed by atoms with Crippen LogP contribution in [-0.2, 0) is 6.54 Å². The monoisotopic (exact) mass is 519 g/mol. The van der Waals surface area contributed by atoms with Gasteiger partial charge in [0, 0.05) is 44.0 Å². The molecule has 0 spiro atoms. The molecule has 6 heteroatoms.